The van der Waals surface area contributed by atoms with Gasteiger partial charge in [-0.1, -0.05) is 0 Å². The fourth-order valence-electron chi connectivity index (χ4n) is 2.13. The second-order valence-corrected chi connectivity index (χ2v) is 6.64. The Balaban J connectivity index is 2.22. The van der Waals surface area contributed by atoms with E-state index in [9.17, 15) is 4.79 Å². The molecule has 1 aliphatic rings. The molecule has 0 aromatic heterocycles. The van der Waals surface area contributed by atoms with Crippen LogP contribution >= 0.6 is 0 Å². The lowest BCUT2D eigenvalue weighted by molar-refractivity contribution is -0.130. The molecule has 1 heterocycles. The Morgan fingerprint density at radius 3 is 2.28 bits per heavy atom. The van der Waals surface area contributed by atoms with Crippen LogP contribution in [0.3, 0.4) is 0 Å². The highest BCUT2D eigenvalue weighted by Crippen LogP contribution is 2.17. The van der Waals surface area contributed by atoms with Crippen molar-refractivity contribution in [2.45, 2.75) is 39.2 Å². The summed E-state index contributed by atoms with van der Waals surface area (Å²) in [6.07, 6.45) is 2.40. The van der Waals surface area contributed by atoms with E-state index < -0.39 is 0 Å². The van der Waals surface area contributed by atoms with Crippen molar-refractivity contribution >= 4 is 5.91 Å². The van der Waals surface area contributed by atoms with Gasteiger partial charge in [-0.3, -0.25) is 9.69 Å². The maximum atomic E-state index is 11.6. The van der Waals surface area contributed by atoms with Gasteiger partial charge in [-0.2, -0.15) is 0 Å². The molecule has 1 N–H and O–H groups in total. The molecule has 0 aliphatic carbocycles. The van der Waals surface area contributed by atoms with Gasteiger partial charge in [0.15, 0.2) is 0 Å². The van der Waals surface area contributed by atoms with Crippen molar-refractivity contribution in [3.8, 4) is 0 Å². The smallest absolute Gasteiger partial charge is 0.236 e. The van der Waals surface area contributed by atoms with Gasteiger partial charge >= 0.3 is 0 Å². The SMILES string of the molecule is CN(C)C(=O)CN1CCC(CNC(C)(C)C)CC1. The average Bonchev–Trinajstić information content (AvgIpc) is 2.27. The molecule has 0 atom stereocenters. The first-order valence-corrected chi connectivity index (χ1v) is 6.95. The van der Waals surface area contributed by atoms with E-state index in [0.717, 1.165) is 25.6 Å². The topological polar surface area (TPSA) is 35.6 Å². The molecule has 1 fully saturated rings. The molecule has 1 amide bonds. The molecule has 0 saturated carbocycles. The van der Waals surface area contributed by atoms with Crippen molar-refractivity contribution in [1.29, 1.82) is 0 Å². The summed E-state index contributed by atoms with van der Waals surface area (Å²) >= 11 is 0. The third-order valence-electron chi connectivity index (χ3n) is 3.49. The first kappa shape index (κ1) is 15.4. The molecule has 0 unspecified atom stereocenters. The standard InChI is InChI=1S/C14H29N3O/c1-14(2,3)15-10-12-6-8-17(9-7-12)11-13(18)16(4)5/h12,15H,6-11H2,1-5H3. The molecular weight excluding hydrogens is 226 g/mol. The minimum absolute atomic E-state index is 0.206. The zero-order valence-corrected chi connectivity index (χ0v) is 12.6. The maximum absolute atomic E-state index is 11.6. The summed E-state index contributed by atoms with van der Waals surface area (Å²) in [6.45, 7) is 10.4. The van der Waals surface area contributed by atoms with Crippen LogP contribution in [-0.4, -0.2) is 61.5 Å². The number of carbonyl (C=O) groups excluding carboxylic acids is 1. The minimum atomic E-state index is 0.206. The number of rotatable bonds is 4. The molecule has 1 aliphatic heterocycles. The number of hydrogen-bond donors (Lipinski definition) is 1. The van der Waals surface area contributed by atoms with Crippen LogP contribution in [0.2, 0.25) is 0 Å². The lowest BCUT2D eigenvalue weighted by atomic mass is 9.95. The predicted octanol–water partition coefficient (Wildman–Crippen LogP) is 1.17. The van der Waals surface area contributed by atoms with Crippen LogP contribution in [0.1, 0.15) is 33.6 Å². The normalized spacial score (nSPS) is 18.9. The van der Waals surface area contributed by atoms with Crippen LogP contribution in [0.4, 0.5) is 0 Å². The molecular formula is C14H29N3O. The van der Waals surface area contributed by atoms with E-state index in [-0.39, 0.29) is 11.4 Å². The van der Waals surface area contributed by atoms with Gasteiger partial charge in [-0.25, -0.2) is 0 Å². The van der Waals surface area contributed by atoms with Crippen LogP contribution in [0.5, 0.6) is 0 Å². The average molecular weight is 255 g/mol. The predicted molar refractivity (Wildman–Crippen MR) is 75.6 cm³/mol. The van der Waals surface area contributed by atoms with Gasteiger partial charge in [0.05, 0.1) is 6.54 Å². The Labute approximate surface area is 112 Å². The first-order valence-electron chi connectivity index (χ1n) is 6.95. The molecule has 1 saturated heterocycles. The molecule has 106 valence electrons. The molecule has 1 rings (SSSR count). The van der Waals surface area contributed by atoms with Crippen LogP contribution in [0.15, 0.2) is 0 Å². The first-order chi connectivity index (χ1) is 8.28. The van der Waals surface area contributed by atoms with Crippen LogP contribution in [-0.2, 0) is 4.79 Å². The molecule has 4 nitrogen and oxygen atoms in total. The minimum Gasteiger partial charge on any atom is -0.348 e. The highest BCUT2D eigenvalue weighted by atomic mass is 16.2. The third-order valence-corrected chi connectivity index (χ3v) is 3.49. The van der Waals surface area contributed by atoms with Gasteiger partial charge in [0.2, 0.25) is 5.91 Å². The van der Waals surface area contributed by atoms with Crippen molar-refractivity contribution in [2.75, 3.05) is 40.3 Å². The Kier molecular flexibility index (Phi) is 5.60. The number of amides is 1. The van der Waals surface area contributed by atoms with Gasteiger partial charge in [0.1, 0.15) is 0 Å². The van der Waals surface area contributed by atoms with Crippen LogP contribution < -0.4 is 5.32 Å². The molecule has 0 aromatic carbocycles. The van der Waals surface area contributed by atoms with Crippen molar-refractivity contribution in [2.24, 2.45) is 5.92 Å². The van der Waals surface area contributed by atoms with Gasteiger partial charge in [0.25, 0.3) is 0 Å². The molecule has 4 heteroatoms. The highest BCUT2D eigenvalue weighted by molar-refractivity contribution is 5.77. The quantitative estimate of drug-likeness (QED) is 0.819. The Morgan fingerprint density at radius 1 is 1.28 bits per heavy atom. The summed E-state index contributed by atoms with van der Waals surface area (Å²) in [7, 11) is 3.64. The Morgan fingerprint density at radius 2 is 1.83 bits per heavy atom. The van der Waals surface area contributed by atoms with Gasteiger partial charge in [-0.15, -0.1) is 0 Å². The van der Waals surface area contributed by atoms with E-state index in [0.29, 0.717) is 6.54 Å². The zero-order chi connectivity index (χ0) is 13.8. The number of piperidine rings is 1. The number of hydrogen-bond acceptors (Lipinski definition) is 3. The Bertz CT molecular complexity index is 263. The maximum Gasteiger partial charge on any atom is 0.236 e. The fourth-order valence-corrected chi connectivity index (χ4v) is 2.13. The summed E-state index contributed by atoms with van der Waals surface area (Å²) < 4.78 is 0. The Hall–Kier alpha value is -0.610. The molecule has 0 radical (unpaired) electrons. The van der Waals surface area contributed by atoms with Crippen molar-refractivity contribution in [3.05, 3.63) is 0 Å². The third kappa shape index (κ3) is 5.83. The number of nitrogens with one attached hydrogen (secondary N) is 1. The summed E-state index contributed by atoms with van der Waals surface area (Å²) in [5.41, 5.74) is 0.206. The van der Waals surface area contributed by atoms with Crippen molar-refractivity contribution in [1.82, 2.24) is 15.1 Å². The largest absolute Gasteiger partial charge is 0.348 e. The molecule has 0 spiro atoms. The molecule has 18 heavy (non-hydrogen) atoms. The summed E-state index contributed by atoms with van der Waals surface area (Å²) in [5.74, 6) is 0.969. The lowest BCUT2D eigenvalue weighted by Crippen LogP contribution is -2.45. The summed E-state index contributed by atoms with van der Waals surface area (Å²) in [5, 5.41) is 3.57. The number of likely N-dealkylation sites (tertiary alicyclic amines) is 1. The van der Waals surface area contributed by atoms with Crippen molar-refractivity contribution in [3.63, 3.8) is 0 Å². The summed E-state index contributed by atoms with van der Waals surface area (Å²) in [4.78, 5) is 15.6. The number of nitrogens with zero attached hydrogens (tertiary/aromatic N) is 2. The van der Waals surface area contributed by atoms with E-state index >= 15 is 0 Å². The number of carbonyl (C=O) groups is 1. The van der Waals surface area contributed by atoms with E-state index in [1.807, 2.05) is 14.1 Å². The highest BCUT2D eigenvalue weighted by Gasteiger charge is 2.22. The number of likely N-dealkylation sites (N-methyl/N-ethyl adjacent to an activating group) is 1. The van der Waals surface area contributed by atoms with E-state index in [4.69, 9.17) is 0 Å². The van der Waals surface area contributed by atoms with E-state index in [2.05, 4.69) is 31.0 Å². The van der Waals surface area contributed by atoms with Crippen LogP contribution in [0, 0.1) is 5.92 Å². The second kappa shape index (κ2) is 6.53. The zero-order valence-electron chi connectivity index (χ0n) is 12.6. The van der Waals surface area contributed by atoms with E-state index in [1.165, 1.54) is 12.8 Å². The fraction of sp³-hybridized carbons (Fsp3) is 0.929. The van der Waals surface area contributed by atoms with Crippen molar-refractivity contribution < 1.29 is 4.79 Å². The van der Waals surface area contributed by atoms with Gasteiger partial charge in [-0.05, 0) is 59.2 Å². The summed E-state index contributed by atoms with van der Waals surface area (Å²) in [6, 6.07) is 0. The second-order valence-electron chi connectivity index (χ2n) is 6.64. The van der Waals surface area contributed by atoms with E-state index in [1.54, 1.807) is 4.90 Å². The lowest BCUT2D eigenvalue weighted by Gasteiger charge is -2.33. The van der Waals surface area contributed by atoms with Gasteiger partial charge < -0.3 is 10.2 Å². The monoisotopic (exact) mass is 255 g/mol. The molecule has 0 bridgehead atoms. The molecule has 0 aromatic rings. The van der Waals surface area contributed by atoms with Crippen LogP contribution in [0.25, 0.3) is 0 Å². The van der Waals surface area contributed by atoms with Gasteiger partial charge in [0, 0.05) is 19.6 Å².